The van der Waals surface area contributed by atoms with E-state index in [0.717, 1.165) is 31.4 Å². The first-order valence-electron chi connectivity index (χ1n) is 11.5. The summed E-state index contributed by atoms with van der Waals surface area (Å²) in [5.41, 5.74) is 2.08. The Bertz CT molecular complexity index is 1220. The molecule has 3 heterocycles. The van der Waals surface area contributed by atoms with E-state index in [0.29, 0.717) is 17.9 Å². The van der Waals surface area contributed by atoms with Gasteiger partial charge in [0.25, 0.3) is 0 Å². The molecule has 3 amide bonds. The first-order valence-corrected chi connectivity index (χ1v) is 11.5. The Morgan fingerprint density at radius 3 is 2.45 bits per heavy atom. The van der Waals surface area contributed by atoms with Crippen LogP contribution >= 0.6 is 0 Å². The van der Waals surface area contributed by atoms with Crippen LogP contribution in [0.15, 0.2) is 23.0 Å². The molecule has 1 spiro atoms. The van der Waals surface area contributed by atoms with Gasteiger partial charge in [-0.1, -0.05) is 6.07 Å². The Balaban J connectivity index is 1.31. The van der Waals surface area contributed by atoms with E-state index in [1.807, 2.05) is 39.0 Å². The molecular weight excluding hydrogens is 424 g/mol. The number of carbonyl (C=O) groups excluding carboxylic acids is 3. The van der Waals surface area contributed by atoms with E-state index < -0.39 is 17.6 Å². The molecule has 1 aromatic heterocycles. The number of nitrogens with one attached hydrogen (secondary N) is 1. The number of rotatable bonds is 2. The van der Waals surface area contributed by atoms with Gasteiger partial charge in [0.15, 0.2) is 0 Å². The molecule has 2 saturated heterocycles. The van der Waals surface area contributed by atoms with Crippen LogP contribution in [0.25, 0.3) is 11.0 Å². The van der Waals surface area contributed by atoms with Gasteiger partial charge in [-0.25, -0.2) is 9.59 Å². The summed E-state index contributed by atoms with van der Waals surface area (Å²) in [7, 11) is 1.71. The molecule has 9 heteroatoms. The SMILES string of the molecule is Cn1c(=O)n(C2CCC(=O)NC2=O)c2ccc(C3CC4(C3)CN(C(=O)OC(C)(C)C)C4)cc21. The summed E-state index contributed by atoms with van der Waals surface area (Å²) in [6, 6.07) is 5.31. The highest BCUT2D eigenvalue weighted by Gasteiger charge is 2.54. The average Bonchev–Trinajstić information content (AvgIpc) is 2.89. The molecule has 3 fully saturated rings. The highest BCUT2D eigenvalue weighted by atomic mass is 16.6. The number of carbonyl (C=O) groups is 3. The largest absolute Gasteiger partial charge is 0.444 e. The van der Waals surface area contributed by atoms with Crippen molar-refractivity contribution >= 4 is 28.9 Å². The molecule has 2 aromatic rings. The zero-order valence-corrected chi connectivity index (χ0v) is 19.5. The van der Waals surface area contributed by atoms with Crippen molar-refractivity contribution in [2.75, 3.05) is 13.1 Å². The number of imidazole rings is 1. The zero-order valence-electron chi connectivity index (χ0n) is 19.5. The zero-order chi connectivity index (χ0) is 23.7. The number of likely N-dealkylation sites (tertiary alicyclic amines) is 1. The Labute approximate surface area is 191 Å². The number of fused-ring (bicyclic) bond motifs is 1. The molecule has 1 atom stereocenters. The number of hydrogen-bond acceptors (Lipinski definition) is 5. The maximum Gasteiger partial charge on any atom is 0.410 e. The molecule has 9 nitrogen and oxygen atoms in total. The van der Waals surface area contributed by atoms with Crippen molar-refractivity contribution in [3.63, 3.8) is 0 Å². The normalized spacial score (nSPS) is 22.8. The van der Waals surface area contributed by atoms with Gasteiger partial charge in [0.2, 0.25) is 11.8 Å². The Kier molecular flexibility index (Phi) is 4.74. The lowest BCUT2D eigenvalue weighted by Gasteiger charge is -2.58. The second-order valence-electron chi connectivity index (χ2n) is 10.9. The minimum atomic E-state index is -0.675. The fourth-order valence-corrected chi connectivity index (χ4v) is 5.56. The van der Waals surface area contributed by atoms with Crippen LogP contribution in [-0.4, -0.2) is 50.6 Å². The first-order chi connectivity index (χ1) is 15.5. The van der Waals surface area contributed by atoms with Crippen LogP contribution in [0.5, 0.6) is 0 Å². The predicted octanol–water partition coefficient (Wildman–Crippen LogP) is 2.43. The lowest BCUT2D eigenvalue weighted by molar-refractivity contribution is -0.135. The molecule has 1 saturated carbocycles. The maximum absolute atomic E-state index is 12.9. The van der Waals surface area contributed by atoms with E-state index >= 15 is 0 Å². The standard InChI is InChI=1S/C24H30N4O5/c1-23(2,3)33-22(32)27-12-24(13-27)10-15(11-24)14-5-6-16-18(9-14)26(4)21(31)28(16)17-7-8-19(29)25-20(17)30/h5-6,9,15,17H,7-8,10-13H2,1-4H3,(H,25,29,30). The van der Waals surface area contributed by atoms with E-state index in [1.165, 1.54) is 10.1 Å². The molecule has 33 heavy (non-hydrogen) atoms. The molecule has 5 rings (SSSR count). The number of amides is 3. The van der Waals surface area contributed by atoms with Crippen molar-refractivity contribution in [2.24, 2.45) is 12.5 Å². The summed E-state index contributed by atoms with van der Waals surface area (Å²) in [4.78, 5) is 50.8. The summed E-state index contributed by atoms with van der Waals surface area (Å²) in [6.07, 6.45) is 2.30. The fraction of sp³-hybridized carbons (Fsp3) is 0.583. The van der Waals surface area contributed by atoms with Crippen LogP contribution in [0.2, 0.25) is 0 Å². The Morgan fingerprint density at radius 1 is 1.12 bits per heavy atom. The number of aryl methyl sites for hydroxylation is 1. The summed E-state index contributed by atoms with van der Waals surface area (Å²) in [5, 5.41) is 2.34. The predicted molar refractivity (Wildman–Crippen MR) is 121 cm³/mol. The monoisotopic (exact) mass is 454 g/mol. The highest BCUT2D eigenvalue weighted by molar-refractivity contribution is 6.00. The topological polar surface area (TPSA) is 103 Å². The molecule has 176 valence electrons. The summed E-state index contributed by atoms with van der Waals surface area (Å²) < 4.78 is 8.54. The van der Waals surface area contributed by atoms with Gasteiger partial charge in [0, 0.05) is 32.0 Å². The first kappa shape index (κ1) is 21.7. The average molecular weight is 455 g/mol. The van der Waals surface area contributed by atoms with Gasteiger partial charge in [-0.15, -0.1) is 0 Å². The second-order valence-corrected chi connectivity index (χ2v) is 10.9. The van der Waals surface area contributed by atoms with Gasteiger partial charge in [-0.05, 0) is 63.6 Å². The third-order valence-corrected chi connectivity index (χ3v) is 7.17. The van der Waals surface area contributed by atoms with Crippen molar-refractivity contribution in [1.29, 1.82) is 0 Å². The summed E-state index contributed by atoms with van der Waals surface area (Å²) in [5.74, 6) is -0.346. The van der Waals surface area contributed by atoms with Crippen molar-refractivity contribution < 1.29 is 19.1 Å². The van der Waals surface area contributed by atoms with Crippen LogP contribution in [-0.2, 0) is 21.4 Å². The van der Waals surface area contributed by atoms with Gasteiger partial charge in [-0.3, -0.25) is 24.0 Å². The second kappa shape index (κ2) is 7.20. The Morgan fingerprint density at radius 2 is 1.82 bits per heavy atom. The molecule has 0 bridgehead atoms. The Hall–Kier alpha value is -3.10. The number of hydrogen-bond donors (Lipinski definition) is 1. The van der Waals surface area contributed by atoms with Gasteiger partial charge < -0.3 is 9.64 Å². The van der Waals surface area contributed by atoms with E-state index in [1.54, 1.807) is 16.5 Å². The molecular formula is C24H30N4O5. The van der Waals surface area contributed by atoms with E-state index in [-0.39, 0.29) is 29.5 Å². The number of ether oxygens (including phenoxy) is 1. The lowest BCUT2D eigenvalue weighted by Crippen LogP contribution is -2.63. The van der Waals surface area contributed by atoms with Crippen LogP contribution < -0.4 is 11.0 Å². The van der Waals surface area contributed by atoms with Gasteiger partial charge in [-0.2, -0.15) is 0 Å². The van der Waals surface area contributed by atoms with Gasteiger partial charge in [0.05, 0.1) is 11.0 Å². The number of imide groups is 1. The molecule has 0 radical (unpaired) electrons. The smallest absolute Gasteiger partial charge is 0.410 e. The van der Waals surface area contributed by atoms with Crippen molar-refractivity contribution in [3.05, 3.63) is 34.2 Å². The number of piperidine rings is 1. The number of aromatic nitrogens is 2. The summed E-state index contributed by atoms with van der Waals surface area (Å²) >= 11 is 0. The van der Waals surface area contributed by atoms with Crippen LogP contribution in [0.1, 0.15) is 64.0 Å². The van der Waals surface area contributed by atoms with Crippen LogP contribution in [0.4, 0.5) is 4.79 Å². The van der Waals surface area contributed by atoms with E-state index in [4.69, 9.17) is 4.74 Å². The fourth-order valence-electron chi connectivity index (χ4n) is 5.56. The molecule has 1 aromatic carbocycles. The molecule has 1 unspecified atom stereocenters. The van der Waals surface area contributed by atoms with Crippen LogP contribution in [0, 0.1) is 5.41 Å². The lowest BCUT2D eigenvalue weighted by atomic mass is 9.56. The van der Waals surface area contributed by atoms with E-state index in [2.05, 4.69) is 5.32 Å². The van der Waals surface area contributed by atoms with Gasteiger partial charge >= 0.3 is 11.8 Å². The van der Waals surface area contributed by atoms with E-state index in [9.17, 15) is 19.2 Å². The third-order valence-electron chi connectivity index (χ3n) is 7.17. The van der Waals surface area contributed by atoms with Gasteiger partial charge in [0.1, 0.15) is 11.6 Å². The highest BCUT2D eigenvalue weighted by Crippen LogP contribution is 2.56. The number of nitrogens with zero attached hydrogens (tertiary/aromatic N) is 3. The minimum Gasteiger partial charge on any atom is -0.444 e. The maximum atomic E-state index is 12.9. The molecule has 1 aliphatic carbocycles. The molecule has 1 N–H and O–H groups in total. The van der Waals surface area contributed by atoms with Crippen molar-refractivity contribution in [3.8, 4) is 0 Å². The van der Waals surface area contributed by atoms with Crippen LogP contribution in [0.3, 0.4) is 0 Å². The quantitative estimate of drug-likeness (QED) is 0.702. The molecule has 2 aliphatic heterocycles. The molecule has 3 aliphatic rings. The third kappa shape index (κ3) is 3.63. The van der Waals surface area contributed by atoms with Crippen molar-refractivity contribution in [1.82, 2.24) is 19.4 Å². The number of benzene rings is 1. The van der Waals surface area contributed by atoms with Crippen molar-refractivity contribution in [2.45, 2.75) is 64.0 Å². The summed E-state index contributed by atoms with van der Waals surface area (Å²) in [6.45, 7) is 7.07. The minimum absolute atomic E-state index is 0.168.